The quantitative estimate of drug-likeness (QED) is 0.639. The van der Waals surface area contributed by atoms with Crippen LogP contribution in [0.3, 0.4) is 0 Å². The number of rotatable bonds is 6. The van der Waals surface area contributed by atoms with Crippen LogP contribution in [0.15, 0.2) is 36.7 Å². The zero-order valence-electron chi connectivity index (χ0n) is 16.1. The van der Waals surface area contributed by atoms with Crippen molar-refractivity contribution in [2.75, 3.05) is 16.8 Å². The molecule has 1 aliphatic rings. The van der Waals surface area contributed by atoms with E-state index in [1.165, 1.54) is 12.4 Å². The Kier molecular flexibility index (Phi) is 5.58. The fourth-order valence-corrected chi connectivity index (χ4v) is 4.35. The van der Waals surface area contributed by atoms with E-state index in [1.54, 1.807) is 11.8 Å². The van der Waals surface area contributed by atoms with Gasteiger partial charge in [-0.2, -0.15) is 8.78 Å². The van der Waals surface area contributed by atoms with Crippen LogP contribution >= 0.6 is 11.3 Å². The molecule has 0 saturated carbocycles. The third-order valence-corrected chi connectivity index (χ3v) is 5.88. The molecule has 1 fully saturated rings. The van der Waals surface area contributed by atoms with Gasteiger partial charge < -0.3 is 10.2 Å². The highest BCUT2D eigenvalue weighted by Gasteiger charge is 2.22. The lowest BCUT2D eigenvalue weighted by molar-refractivity contribution is -0.117. The molecular weight excluding hydrogens is 412 g/mol. The highest BCUT2D eigenvalue weighted by Crippen LogP contribution is 2.33. The lowest BCUT2D eigenvalue weighted by atomic mass is 10.1. The fourth-order valence-electron chi connectivity index (χ4n) is 3.37. The Balaban J connectivity index is 1.42. The van der Waals surface area contributed by atoms with Gasteiger partial charge in [0, 0.05) is 31.0 Å². The molecule has 4 rings (SSSR count). The van der Waals surface area contributed by atoms with Crippen molar-refractivity contribution in [3.8, 4) is 10.7 Å². The van der Waals surface area contributed by atoms with E-state index < -0.39 is 6.55 Å². The summed E-state index contributed by atoms with van der Waals surface area (Å²) in [5, 5.41) is 3.05. The minimum absolute atomic E-state index is 0.114. The maximum atomic E-state index is 13.1. The van der Waals surface area contributed by atoms with Crippen molar-refractivity contribution < 1.29 is 18.4 Å². The molecule has 0 unspecified atom stereocenters. The van der Waals surface area contributed by atoms with E-state index in [0.29, 0.717) is 28.7 Å². The summed E-state index contributed by atoms with van der Waals surface area (Å²) in [5.74, 6) is -0.0343. The monoisotopic (exact) mass is 431 g/mol. The first-order valence-electron chi connectivity index (χ1n) is 9.40. The molecule has 0 aliphatic carbocycles. The molecular formula is C20H19F2N5O2S. The molecule has 3 aromatic rings. The van der Waals surface area contributed by atoms with Crippen LogP contribution in [-0.2, 0) is 16.0 Å². The van der Waals surface area contributed by atoms with E-state index >= 15 is 0 Å². The second-order valence-corrected chi connectivity index (χ2v) is 7.91. The van der Waals surface area contributed by atoms with Gasteiger partial charge in [0.25, 0.3) is 0 Å². The summed E-state index contributed by atoms with van der Waals surface area (Å²) in [7, 11) is 0. The van der Waals surface area contributed by atoms with Gasteiger partial charge in [-0.15, -0.1) is 0 Å². The number of carbonyl (C=O) groups is 2. The van der Waals surface area contributed by atoms with E-state index in [4.69, 9.17) is 0 Å². The number of hydrogen-bond donors (Lipinski definition) is 1. The average molecular weight is 431 g/mol. The van der Waals surface area contributed by atoms with Crippen LogP contribution in [0.2, 0.25) is 0 Å². The number of aromatic nitrogens is 3. The van der Waals surface area contributed by atoms with Gasteiger partial charge in [-0.25, -0.2) is 9.97 Å². The number of halogens is 2. The molecule has 0 spiro atoms. The number of aryl methyl sites for hydroxylation is 1. The van der Waals surface area contributed by atoms with E-state index in [9.17, 15) is 18.4 Å². The van der Waals surface area contributed by atoms with Crippen LogP contribution in [0.4, 0.5) is 19.6 Å². The predicted molar refractivity (Wildman–Crippen MR) is 110 cm³/mol. The van der Waals surface area contributed by atoms with Gasteiger partial charge in [0.1, 0.15) is 0 Å². The Morgan fingerprint density at radius 3 is 2.73 bits per heavy atom. The van der Waals surface area contributed by atoms with Gasteiger partial charge in [0.05, 0.1) is 17.0 Å². The van der Waals surface area contributed by atoms with Crippen molar-refractivity contribution in [1.29, 1.82) is 0 Å². The summed E-state index contributed by atoms with van der Waals surface area (Å²) in [6.45, 7) is -0.306. The molecule has 0 atom stereocenters. The number of nitrogens with zero attached hydrogens (tertiary/aromatic N) is 4. The average Bonchev–Trinajstić information content (AvgIpc) is 3.42. The minimum Gasteiger partial charge on any atom is -0.312 e. The molecule has 10 heteroatoms. The molecule has 7 nitrogen and oxygen atoms in total. The number of amides is 2. The van der Waals surface area contributed by atoms with Crippen molar-refractivity contribution in [3.63, 3.8) is 0 Å². The molecule has 2 aromatic heterocycles. The molecule has 0 bridgehead atoms. The number of alkyl halides is 2. The Labute approximate surface area is 175 Å². The van der Waals surface area contributed by atoms with Crippen LogP contribution in [0.1, 0.15) is 30.6 Å². The van der Waals surface area contributed by atoms with Gasteiger partial charge in [0.2, 0.25) is 11.8 Å². The molecule has 1 aromatic carbocycles. The van der Waals surface area contributed by atoms with E-state index in [2.05, 4.69) is 15.3 Å². The fraction of sp³-hybridized carbons (Fsp3) is 0.300. The number of thiazole rings is 1. The van der Waals surface area contributed by atoms with E-state index in [-0.39, 0.29) is 24.1 Å². The Morgan fingerprint density at radius 1 is 1.30 bits per heavy atom. The topological polar surface area (TPSA) is 80.1 Å². The normalized spacial score (nSPS) is 14.0. The second-order valence-electron chi connectivity index (χ2n) is 6.91. The van der Waals surface area contributed by atoms with Crippen molar-refractivity contribution in [2.24, 2.45) is 0 Å². The summed E-state index contributed by atoms with van der Waals surface area (Å²) in [5.41, 5.74) is 2.14. The first kappa shape index (κ1) is 20.1. The molecule has 1 aliphatic heterocycles. The van der Waals surface area contributed by atoms with Gasteiger partial charge >= 0.3 is 6.55 Å². The van der Waals surface area contributed by atoms with E-state index in [0.717, 1.165) is 33.6 Å². The molecule has 2 amide bonds. The molecule has 3 heterocycles. The Hall–Kier alpha value is -3.14. The summed E-state index contributed by atoms with van der Waals surface area (Å²) < 4.78 is 27.0. The number of imidazole rings is 1. The van der Waals surface area contributed by atoms with Gasteiger partial charge in [-0.05, 0) is 31.0 Å². The van der Waals surface area contributed by atoms with Crippen molar-refractivity contribution in [1.82, 2.24) is 14.5 Å². The number of nitrogens with one attached hydrogen (secondary N) is 1. The van der Waals surface area contributed by atoms with Crippen LogP contribution in [0, 0.1) is 6.92 Å². The Bertz CT molecular complexity index is 1080. The number of anilines is 2. The van der Waals surface area contributed by atoms with Gasteiger partial charge in [-0.3, -0.25) is 14.2 Å². The largest absolute Gasteiger partial charge is 0.320 e. The zero-order chi connectivity index (χ0) is 21.3. The number of carbonyl (C=O) groups excluding carboxylic acids is 2. The first-order chi connectivity index (χ1) is 14.4. The SMILES string of the molecule is Cc1nc(NC(=O)Cc2ccc(N3CCCC3=O)cc2)sc1-c1nccn1C(F)F. The first-order valence-corrected chi connectivity index (χ1v) is 10.2. The number of hydrogen-bond acceptors (Lipinski definition) is 5. The number of benzene rings is 1. The van der Waals surface area contributed by atoms with Crippen LogP contribution < -0.4 is 10.2 Å². The molecule has 1 saturated heterocycles. The van der Waals surface area contributed by atoms with Crippen LogP contribution in [0.5, 0.6) is 0 Å². The second kappa shape index (κ2) is 8.31. The maximum Gasteiger partial charge on any atom is 0.320 e. The highest BCUT2D eigenvalue weighted by atomic mass is 32.1. The maximum absolute atomic E-state index is 13.1. The molecule has 1 N–H and O–H groups in total. The Morgan fingerprint density at radius 2 is 2.07 bits per heavy atom. The van der Waals surface area contributed by atoms with E-state index in [1.807, 2.05) is 24.3 Å². The zero-order valence-corrected chi connectivity index (χ0v) is 17.0. The third kappa shape index (κ3) is 4.09. The molecule has 30 heavy (non-hydrogen) atoms. The lowest BCUT2D eigenvalue weighted by Crippen LogP contribution is -2.23. The molecule has 156 valence electrons. The lowest BCUT2D eigenvalue weighted by Gasteiger charge is -2.15. The predicted octanol–water partition coefficient (Wildman–Crippen LogP) is 4.02. The standard InChI is InChI=1S/C20H19F2N5O2S/c1-12-17(18-23-8-10-27(18)19(21)22)30-20(24-12)25-15(28)11-13-4-6-14(7-5-13)26-9-2-3-16(26)29/h4-8,10,19H,2-3,9,11H2,1H3,(H,24,25,28). The summed E-state index contributed by atoms with van der Waals surface area (Å²) in [6.07, 6.45) is 4.07. The van der Waals surface area contributed by atoms with Crippen molar-refractivity contribution >= 4 is 34.0 Å². The molecule has 0 radical (unpaired) electrons. The third-order valence-electron chi connectivity index (χ3n) is 4.81. The minimum atomic E-state index is -2.71. The van der Waals surface area contributed by atoms with Crippen molar-refractivity contribution in [2.45, 2.75) is 32.7 Å². The highest BCUT2D eigenvalue weighted by molar-refractivity contribution is 7.19. The van der Waals surface area contributed by atoms with Crippen LogP contribution in [-0.4, -0.2) is 32.9 Å². The van der Waals surface area contributed by atoms with Crippen LogP contribution in [0.25, 0.3) is 10.7 Å². The summed E-state index contributed by atoms with van der Waals surface area (Å²) >= 11 is 1.10. The smallest absolute Gasteiger partial charge is 0.312 e. The van der Waals surface area contributed by atoms with Gasteiger partial charge in [-0.1, -0.05) is 23.5 Å². The van der Waals surface area contributed by atoms with Crippen molar-refractivity contribution in [3.05, 3.63) is 47.9 Å². The summed E-state index contributed by atoms with van der Waals surface area (Å²) in [6, 6.07) is 7.31. The summed E-state index contributed by atoms with van der Waals surface area (Å²) in [4.78, 5) is 34.7. The van der Waals surface area contributed by atoms with Gasteiger partial charge in [0.15, 0.2) is 11.0 Å².